The zero-order valence-corrected chi connectivity index (χ0v) is 10.4. The van der Waals surface area contributed by atoms with Gasteiger partial charge in [0.05, 0.1) is 10.8 Å². The Bertz CT molecular complexity index is 361. The molecule has 1 N–H and O–H groups in total. The van der Waals surface area contributed by atoms with E-state index in [0.717, 1.165) is 9.37 Å². The maximum atomic E-state index is 11.6. The van der Waals surface area contributed by atoms with E-state index in [1.165, 1.54) is 0 Å². The molecule has 0 radical (unpaired) electrons. The number of carboxylic acids is 1. The summed E-state index contributed by atoms with van der Waals surface area (Å²) in [5.74, 6) is -0.448. The Labute approximate surface area is 99.1 Å². The van der Waals surface area contributed by atoms with E-state index < -0.39 is 16.8 Å². The highest BCUT2D eigenvalue weighted by Gasteiger charge is 2.04. The molecule has 0 heterocycles. The van der Waals surface area contributed by atoms with Crippen LogP contribution < -0.4 is 0 Å². The van der Waals surface area contributed by atoms with E-state index in [1.54, 1.807) is 12.1 Å². The van der Waals surface area contributed by atoms with Crippen LogP contribution in [0.4, 0.5) is 0 Å². The average Bonchev–Trinajstić information content (AvgIpc) is 2.18. The van der Waals surface area contributed by atoms with Gasteiger partial charge in [-0.25, -0.2) is 0 Å². The summed E-state index contributed by atoms with van der Waals surface area (Å²) in [6.07, 6.45) is 0.514. The van der Waals surface area contributed by atoms with Crippen LogP contribution in [0.1, 0.15) is 12.8 Å². The molecule has 0 aliphatic heterocycles. The number of hydrogen-bond acceptors (Lipinski definition) is 2. The Balaban J connectivity index is 2.47. The highest BCUT2D eigenvalue weighted by atomic mass is 79.9. The van der Waals surface area contributed by atoms with Crippen LogP contribution in [0.2, 0.25) is 0 Å². The fourth-order valence-electron chi connectivity index (χ4n) is 1.06. The summed E-state index contributed by atoms with van der Waals surface area (Å²) in [5.41, 5.74) is 0. The molecular weight excluding hydrogens is 280 g/mol. The van der Waals surface area contributed by atoms with Gasteiger partial charge in [-0.1, -0.05) is 15.9 Å². The van der Waals surface area contributed by atoms with Gasteiger partial charge in [-0.15, -0.1) is 0 Å². The van der Waals surface area contributed by atoms with E-state index >= 15 is 0 Å². The second kappa shape index (κ2) is 6.02. The number of carboxylic acid groups (broad SMARTS) is 1. The standard InChI is InChI=1S/C10H11BrO3S/c11-8-3-5-9(6-4-8)15(14)7-1-2-10(12)13/h3-6H,1-2,7H2,(H,12,13)/t15-/m1/s1. The molecule has 3 nitrogen and oxygen atoms in total. The van der Waals surface area contributed by atoms with Crippen molar-refractivity contribution in [2.45, 2.75) is 17.7 Å². The molecule has 0 amide bonds. The first kappa shape index (κ1) is 12.4. The molecule has 0 aromatic heterocycles. The van der Waals surface area contributed by atoms with Crippen molar-refractivity contribution < 1.29 is 14.1 Å². The van der Waals surface area contributed by atoms with Gasteiger partial charge >= 0.3 is 5.97 Å². The van der Waals surface area contributed by atoms with Crippen molar-refractivity contribution in [3.05, 3.63) is 28.7 Å². The fraction of sp³-hybridized carbons (Fsp3) is 0.300. The molecule has 1 aromatic rings. The first-order valence-electron chi connectivity index (χ1n) is 4.45. The minimum atomic E-state index is -1.09. The van der Waals surface area contributed by atoms with Gasteiger partial charge in [-0.2, -0.15) is 0 Å². The Morgan fingerprint density at radius 2 is 1.93 bits per heavy atom. The Kier molecular flexibility index (Phi) is 4.98. The number of halogens is 1. The maximum absolute atomic E-state index is 11.6. The molecule has 0 fully saturated rings. The van der Waals surface area contributed by atoms with Crippen molar-refractivity contribution in [3.63, 3.8) is 0 Å². The first-order valence-corrected chi connectivity index (χ1v) is 6.56. The van der Waals surface area contributed by atoms with Crippen molar-refractivity contribution in [1.82, 2.24) is 0 Å². The van der Waals surface area contributed by atoms with Crippen LogP contribution in [0, 0.1) is 0 Å². The Morgan fingerprint density at radius 3 is 2.47 bits per heavy atom. The van der Waals surface area contributed by atoms with E-state index in [4.69, 9.17) is 5.11 Å². The highest BCUT2D eigenvalue weighted by molar-refractivity contribution is 9.10. The van der Waals surface area contributed by atoms with Crippen molar-refractivity contribution >= 4 is 32.7 Å². The van der Waals surface area contributed by atoms with Gasteiger partial charge in [-0.05, 0) is 30.7 Å². The average molecular weight is 291 g/mol. The summed E-state index contributed by atoms with van der Waals surface area (Å²) < 4.78 is 12.6. The zero-order valence-electron chi connectivity index (χ0n) is 7.98. The molecule has 0 saturated heterocycles. The van der Waals surface area contributed by atoms with Crippen molar-refractivity contribution in [2.75, 3.05) is 5.75 Å². The molecule has 15 heavy (non-hydrogen) atoms. The Hall–Kier alpha value is -0.680. The molecule has 0 unspecified atom stereocenters. The molecule has 5 heteroatoms. The zero-order chi connectivity index (χ0) is 11.3. The summed E-state index contributed by atoms with van der Waals surface area (Å²) in [5, 5.41) is 8.43. The maximum Gasteiger partial charge on any atom is 0.303 e. The number of hydrogen-bond donors (Lipinski definition) is 1. The quantitative estimate of drug-likeness (QED) is 0.906. The van der Waals surface area contributed by atoms with Crippen LogP contribution in [0.25, 0.3) is 0 Å². The lowest BCUT2D eigenvalue weighted by molar-refractivity contribution is -0.137. The van der Waals surface area contributed by atoms with E-state index in [2.05, 4.69) is 15.9 Å². The lowest BCUT2D eigenvalue weighted by Gasteiger charge is -2.00. The summed E-state index contributed by atoms with van der Waals surface area (Å²) >= 11 is 3.29. The minimum Gasteiger partial charge on any atom is -0.481 e. The molecule has 1 atom stereocenters. The largest absolute Gasteiger partial charge is 0.481 e. The molecule has 0 aliphatic carbocycles. The van der Waals surface area contributed by atoms with Crippen LogP contribution in [0.3, 0.4) is 0 Å². The van der Waals surface area contributed by atoms with Crippen LogP contribution in [0.5, 0.6) is 0 Å². The third kappa shape index (κ3) is 4.57. The lowest BCUT2D eigenvalue weighted by Crippen LogP contribution is -2.02. The van der Waals surface area contributed by atoms with Gasteiger partial charge in [0.25, 0.3) is 0 Å². The fourth-order valence-corrected chi connectivity index (χ4v) is 2.40. The van der Waals surface area contributed by atoms with E-state index in [1.807, 2.05) is 12.1 Å². The van der Waals surface area contributed by atoms with Crippen LogP contribution in [-0.4, -0.2) is 21.0 Å². The first-order chi connectivity index (χ1) is 7.09. The number of rotatable bonds is 5. The number of benzene rings is 1. The monoisotopic (exact) mass is 290 g/mol. The summed E-state index contributed by atoms with van der Waals surface area (Å²) in [6, 6.07) is 7.21. The summed E-state index contributed by atoms with van der Waals surface area (Å²) in [4.78, 5) is 11.0. The van der Waals surface area contributed by atoms with Gasteiger partial charge < -0.3 is 5.11 Å². The highest BCUT2D eigenvalue weighted by Crippen LogP contribution is 2.14. The predicted octanol–water partition coefficient (Wildman–Crippen LogP) is 2.42. The van der Waals surface area contributed by atoms with Crippen molar-refractivity contribution in [3.8, 4) is 0 Å². The molecule has 0 saturated carbocycles. The van der Waals surface area contributed by atoms with Gasteiger partial charge in [0.2, 0.25) is 0 Å². The third-order valence-electron chi connectivity index (χ3n) is 1.80. The van der Waals surface area contributed by atoms with Crippen LogP contribution >= 0.6 is 15.9 Å². The molecule has 1 rings (SSSR count). The minimum absolute atomic E-state index is 0.0717. The Morgan fingerprint density at radius 1 is 1.33 bits per heavy atom. The second-order valence-electron chi connectivity index (χ2n) is 3.00. The molecule has 0 aliphatic rings. The normalized spacial score (nSPS) is 12.3. The number of aliphatic carboxylic acids is 1. The van der Waals surface area contributed by atoms with E-state index in [9.17, 15) is 9.00 Å². The van der Waals surface area contributed by atoms with E-state index in [-0.39, 0.29) is 6.42 Å². The third-order valence-corrected chi connectivity index (χ3v) is 3.78. The van der Waals surface area contributed by atoms with Crippen molar-refractivity contribution in [2.24, 2.45) is 0 Å². The molecule has 0 bridgehead atoms. The topological polar surface area (TPSA) is 54.4 Å². The second-order valence-corrected chi connectivity index (χ2v) is 5.49. The van der Waals surface area contributed by atoms with E-state index in [0.29, 0.717) is 12.2 Å². The van der Waals surface area contributed by atoms with Crippen molar-refractivity contribution in [1.29, 1.82) is 0 Å². The van der Waals surface area contributed by atoms with Gasteiger partial charge in [-0.3, -0.25) is 9.00 Å². The molecule has 0 spiro atoms. The lowest BCUT2D eigenvalue weighted by atomic mass is 10.3. The SMILES string of the molecule is O=C(O)CCC[S@@](=O)c1ccc(Br)cc1. The smallest absolute Gasteiger partial charge is 0.303 e. The summed E-state index contributed by atoms with van der Waals surface area (Å²) in [6.45, 7) is 0. The van der Waals surface area contributed by atoms with Crippen LogP contribution in [0.15, 0.2) is 33.6 Å². The molecule has 82 valence electrons. The van der Waals surface area contributed by atoms with Gasteiger partial charge in [0.1, 0.15) is 0 Å². The molecule has 1 aromatic carbocycles. The van der Waals surface area contributed by atoms with Gasteiger partial charge in [0, 0.05) is 21.5 Å². The van der Waals surface area contributed by atoms with Gasteiger partial charge in [0.15, 0.2) is 0 Å². The van der Waals surface area contributed by atoms with Crippen LogP contribution in [-0.2, 0) is 15.6 Å². The predicted molar refractivity (Wildman–Crippen MR) is 62.3 cm³/mol. The summed E-state index contributed by atoms with van der Waals surface area (Å²) in [7, 11) is -1.09. The molecular formula is C10H11BrO3S. The number of carbonyl (C=O) groups is 1.